The summed E-state index contributed by atoms with van der Waals surface area (Å²) in [6, 6.07) is 0. The third-order valence-corrected chi connectivity index (χ3v) is 4.56. The van der Waals surface area contributed by atoms with Gasteiger partial charge in [-0.05, 0) is 32.0 Å². The van der Waals surface area contributed by atoms with E-state index in [2.05, 4.69) is 26.2 Å². The van der Waals surface area contributed by atoms with E-state index in [1.165, 1.54) is 24.6 Å². The van der Waals surface area contributed by atoms with E-state index in [-0.39, 0.29) is 5.60 Å². The smallest absolute Gasteiger partial charge is 0.146 e. The zero-order valence-corrected chi connectivity index (χ0v) is 11.8. The second kappa shape index (κ2) is 6.47. The van der Waals surface area contributed by atoms with E-state index in [4.69, 9.17) is 9.69 Å². The summed E-state index contributed by atoms with van der Waals surface area (Å²) < 4.78 is 5.52. The van der Waals surface area contributed by atoms with Crippen LogP contribution in [0.25, 0.3) is 0 Å². The lowest BCUT2D eigenvalue weighted by atomic mass is 10.0. The Morgan fingerprint density at radius 3 is 2.62 bits per heavy atom. The molecule has 0 heterocycles. The molecule has 13 heavy (non-hydrogen) atoms. The largest absolute Gasteiger partial charge is 0.422 e. The third-order valence-electron chi connectivity index (χ3n) is 2.32. The van der Waals surface area contributed by atoms with Crippen LogP contribution in [0.1, 0.15) is 40.0 Å². The first-order valence-electron chi connectivity index (χ1n) is 4.68. The molecule has 0 spiro atoms. The van der Waals surface area contributed by atoms with Crippen LogP contribution in [0.5, 0.6) is 0 Å². The van der Waals surface area contributed by atoms with Crippen LogP contribution in [-0.4, -0.2) is 21.3 Å². The molecule has 4 heteroatoms. The molecule has 0 aromatic heterocycles. The number of thioether (sulfide) groups is 1. The molecule has 0 saturated heterocycles. The van der Waals surface area contributed by atoms with Crippen molar-refractivity contribution in [2.24, 2.45) is 0 Å². The van der Waals surface area contributed by atoms with Crippen molar-refractivity contribution in [1.82, 2.24) is 0 Å². The number of hydrogen-bond acceptors (Lipinski definition) is 3. The lowest BCUT2D eigenvalue weighted by molar-refractivity contribution is 0.117. The molecule has 0 aliphatic heterocycles. The van der Waals surface area contributed by atoms with Crippen molar-refractivity contribution >= 4 is 22.2 Å². The quantitative estimate of drug-likeness (QED) is 0.503. The standard InChI is InChI=1S/C9H19NOSSi/c1-4-5-6-8(12-7-10)9(2,3)11-13/h8H,4-6H2,1-3,13H3. The van der Waals surface area contributed by atoms with E-state index in [1.807, 2.05) is 0 Å². The molecule has 1 unspecified atom stereocenters. The van der Waals surface area contributed by atoms with Crippen LogP contribution >= 0.6 is 11.8 Å². The van der Waals surface area contributed by atoms with E-state index in [0.717, 1.165) is 16.9 Å². The maximum atomic E-state index is 8.66. The SMILES string of the molecule is CCCCC(SC#N)C(C)(C)O[SiH3]. The Hall–Kier alpha value is 0.0169. The summed E-state index contributed by atoms with van der Waals surface area (Å²) in [6.07, 6.45) is 3.43. The normalized spacial score (nSPS) is 14.0. The molecule has 0 aliphatic rings. The maximum absolute atomic E-state index is 8.66. The van der Waals surface area contributed by atoms with E-state index in [9.17, 15) is 0 Å². The number of nitrogens with zero attached hydrogens (tertiary/aromatic N) is 1. The van der Waals surface area contributed by atoms with E-state index >= 15 is 0 Å². The molecule has 0 radical (unpaired) electrons. The summed E-state index contributed by atoms with van der Waals surface area (Å²) >= 11 is 1.35. The molecule has 0 bridgehead atoms. The van der Waals surface area contributed by atoms with Crippen molar-refractivity contribution in [2.75, 3.05) is 0 Å². The van der Waals surface area contributed by atoms with Gasteiger partial charge in [-0.25, -0.2) is 0 Å². The van der Waals surface area contributed by atoms with Crippen molar-refractivity contribution in [3.63, 3.8) is 0 Å². The van der Waals surface area contributed by atoms with Gasteiger partial charge in [0.25, 0.3) is 0 Å². The summed E-state index contributed by atoms with van der Waals surface area (Å²) in [4.78, 5) is 0. The monoisotopic (exact) mass is 217 g/mol. The summed E-state index contributed by atoms with van der Waals surface area (Å²) in [7, 11) is 0.738. The van der Waals surface area contributed by atoms with Crippen molar-refractivity contribution in [1.29, 1.82) is 5.26 Å². The zero-order valence-electron chi connectivity index (χ0n) is 8.96. The second-order valence-corrected chi connectivity index (χ2v) is 5.04. The van der Waals surface area contributed by atoms with Gasteiger partial charge >= 0.3 is 0 Å². The van der Waals surface area contributed by atoms with Crippen LogP contribution in [0.4, 0.5) is 0 Å². The highest BCUT2D eigenvalue weighted by Crippen LogP contribution is 2.29. The van der Waals surface area contributed by atoms with Crippen LogP contribution in [0.15, 0.2) is 0 Å². The molecule has 0 N–H and O–H groups in total. The van der Waals surface area contributed by atoms with E-state index < -0.39 is 0 Å². The number of rotatable bonds is 6. The molecular formula is C9H19NOSSi. The van der Waals surface area contributed by atoms with Gasteiger partial charge in [-0.15, -0.1) is 0 Å². The zero-order chi connectivity index (χ0) is 10.3. The fraction of sp³-hybridized carbons (Fsp3) is 0.889. The summed E-state index contributed by atoms with van der Waals surface area (Å²) in [5, 5.41) is 11.1. The van der Waals surface area contributed by atoms with Crippen LogP contribution < -0.4 is 0 Å². The van der Waals surface area contributed by atoms with Gasteiger partial charge in [-0.2, -0.15) is 5.26 Å². The molecule has 0 aliphatic carbocycles. The van der Waals surface area contributed by atoms with Crippen molar-refractivity contribution < 1.29 is 4.43 Å². The topological polar surface area (TPSA) is 33.0 Å². The van der Waals surface area contributed by atoms with Crippen LogP contribution in [0.2, 0.25) is 0 Å². The fourth-order valence-corrected chi connectivity index (χ4v) is 2.38. The van der Waals surface area contributed by atoms with Crippen LogP contribution in [0.3, 0.4) is 0 Å². The minimum Gasteiger partial charge on any atom is -0.422 e. The van der Waals surface area contributed by atoms with Gasteiger partial charge in [0.05, 0.1) is 5.60 Å². The van der Waals surface area contributed by atoms with Gasteiger partial charge < -0.3 is 4.43 Å². The lowest BCUT2D eigenvalue weighted by Crippen LogP contribution is -2.36. The van der Waals surface area contributed by atoms with Gasteiger partial charge in [0.2, 0.25) is 0 Å². The Labute approximate surface area is 88.6 Å². The first kappa shape index (κ1) is 13.0. The first-order valence-corrected chi connectivity index (χ1v) is 6.38. The minimum absolute atomic E-state index is 0.137. The Bertz CT molecular complexity index is 179. The van der Waals surface area contributed by atoms with Crippen molar-refractivity contribution in [2.45, 2.75) is 50.9 Å². The molecule has 0 aromatic rings. The van der Waals surface area contributed by atoms with Gasteiger partial charge in [-0.1, -0.05) is 19.8 Å². The Morgan fingerprint density at radius 1 is 1.62 bits per heavy atom. The van der Waals surface area contributed by atoms with Gasteiger partial charge in [-0.3, -0.25) is 0 Å². The second-order valence-electron chi connectivity index (χ2n) is 3.65. The van der Waals surface area contributed by atoms with Gasteiger partial charge in [0.15, 0.2) is 0 Å². The maximum Gasteiger partial charge on any atom is 0.146 e. The number of thiocyanates is 1. The molecule has 2 nitrogen and oxygen atoms in total. The van der Waals surface area contributed by atoms with Crippen molar-refractivity contribution in [3.8, 4) is 5.40 Å². The van der Waals surface area contributed by atoms with Crippen LogP contribution in [0, 0.1) is 10.7 Å². The minimum atomic E-state index is -0.137. The lowest BCUT2D eigenvalue weighted by Gasteiger charge is -2.31. The molecule has 0 rings (SSSR count). The van der Waals surface area contributed by atoms with Crippen LogP contribution in [-0.2, 0) is 4.43 Å². The summed E-state index contributed by atoms with van der Waals surface area (Å²) in [6.45, 7) is 6.32. The molecule has 0 fully saturated rings. The molecule has 1 atom stereocenters. The summed E-state index contributed by atoms with van der Waals surface area (Å²) in [5.74, 6) is 0. The Balaban J connectivity index is 4.15. The van der Waals surface area contributed by atoms with E-state index in [0.29, 0.717) is 5.25 Å². The van der Waals surface area contributed by atoms with Crippen molar-refractivity contribution in [3.05, 3.63) is 0 Å². The average Bonchev–Trinajstić information content (AvgIpc) is 2.12. The number of nitriles is 1. The fourth-order valence-electron chi connectivity index (χ4n) is 1.13. The average molecular weight is 217 g/mol. The molecule has 0 amide bonds. The predicted molar refractivity (Wildman–Crippen MR) is 61.6 cm³/mol. The number of unbranched alkanes of at least 4 members (excludes halogenated alkanes) is 1. The van der Waals surface area contributed by atoms with E-state index in [1.54, 1.807) is 0 Å². The van der Waals surface area contributed by atoms with Gasteiger partial charge in [0.1, 0.15) is 15.9 Å². The summed E-state index contributed by atoms with van der Waals surface area (Å²) in [5.41, 5.74) is -0.137. The Morgan fingerprint density at radius 2 is 2.23 bits per heavy atom. The first-order chi connectivity index (χ1) is 6.08. The highest BCUT2D eigenvalue weighted by molar-refractivity contribution is 8.04. The molecule has 76 valence electrons. The predicted octanol–water partition coefficient (Wildman–Crippen LogP) is 1.84. The Kier molecular flexibility index (Phi) is 6.48. The third kappa shape index (κ3) is 4.70. The number of hydrogen-bond donors (Lipinski definition) is 0. The highest BCUT2D eigenvalue weighted by Gasteiger charge is 2.28. The molecular weight excluding hydrogens is 198 g/mol. The molecule has 0 saturated carbocycles. The highest BCUT2D eigenvalue weighted by atomic mass is 32.2. The van der Waals surface area contributed by atoms with Gasteiger partial charge in [0, 0.05) is 5.25 Å². The molecule has 0 aromatic carbocycles.